The van der Waals surface area contributed by atoms with Gasteiger partial charge in [0.05, 0.1) is 21.5 Å². The molecule has 0 spiro atoms. The van der Waals surface area contributed by atoms with Crippen LogP contribution in [0, 0.1) is 11.3 Å². The molecule has 0 saturated carbocycles. The van der Waals surface area contributed by atoms with Gasteiger partial charge in [-0.3, -0.25) is 4.40 Å². The van der Waals surface area contributed by atoms with Gasteiger partial charge >= 0.3 is 6.18 Å². The number of para-hydroxylation sites is 2. The number of halogens is 3. The summed E-state index contributed by atoms with van der Waals surface area (Å²) in [6.45, 7) is 0. The number of hydrogen-bond acceptors (Lipinski definition) is 5. The SMILES string of the molecule is CS(=O)(=O)c1ccc(Nc2cc(C(F)(F)F)c(C#N)c3nc4ccccc4n23)cc1. The number of imidazole rings is 1. The molecule has 0 aliphatic carbocycles. The van der Waals surface area contributed by atoms with Gasteiger partial charge in [0.15, 0.2) is 15.5 Å². The molecule has 2 aromatic heterocycles. The molecule has 10 heteroatoms. The number of nitriles is 1. The Kier molecular flexibility index (Phi) is 4.43. The minimum Gasteiger partial charge on any atom is -0.341 e. The Balaban J connectivity index is 1.97. The molecule has 0 atom stereocenters. The molecule has 0 aliphatic heterocycles. The van der Waals surface area contributed by atoms with Crippen LogP contribution >= 0.6 is 0 Å². The maximum absolute atomic E-state index is 13.6. The average Bonchev–Trinajstić information content (AvgIpc) is 3.06. The van der Waals surface area contributed by atoms with Crippen LogP contribution in [0.3, 0.4) is 0 Å². The minimum atomic E-state index is -4.76. The molecule has 1 N–H and O–H groups in total. The summed E-state index contributed by atoms with van der Waals surface area (Å²) in [7, 11) is -3.41. The minimum absolute atomic E-state index is 0.0390. The van der Waals surface area contributed by atoms with Gasteiger partial charge in [-0.2, -0.15) is 18.4 Å². The third-order valence-corrected chi connectivity index (χ3v) is 5.68. The van der Waals surface area contributed by atoms with E-state index in [9.17, 15) is 26.9 Å². The van der Waals surface area contributed by atoms with Gasteiger partial charge in [-0.25, -0.2) is 13.4 Å². The molecule has 4 aromatic rings. The summed E-state index contributed by atoms with van der Waals surface area (Å²) < 4.78 is 65.6. The zero-order chi connectivity index (χ0) is 21.7. The number of hydrogen-bond donors (Lipinski definition) is 1. The highest BCUT2D eigenvalue weighted by atomic mass is 32.2. The van der Waals surface area contributed by atoms with Crippen molar-refractivity contribution in [1.29, 1.82) is 5.26 Å². The van der Waals surface area contributed by atoms with Gasteiger partial charge in [0.1, 0.15) is 17.5 Å². The molecular weight excluding hydrogens is 417 g/mol. The zero-order valence-electron chi connectivity index (χ0n) is 15.4. The fourth-order valence-corrected chi connectivity index (χ4v) is 3.82. The smallest absolute Gasteiger partial charge is 0.341 e. The maximum atomic E-state index is 13.6. The summed E-state index contributed by atoms with van der Waals surface area (Å²) in [4.78, 5) is 4.32. The fourth-order valence-electron chi connectivity index (χ4n) is 3.19. The number of aromatic nitrogens is 2. The lowest BCUT2D eigenvalue weighted by molar-refractivity contribution is -0.137. The molecule has 0 radical (unpaired) electrons. The monoisotopic (exact) mass is 430 g/mol. The number of benzene rings is 2. The lowest BCUT2D eigenvalue weighted by Crippen LogP contribution is -2.12. The van der Waals surface area contributed by atoms with Crippen LogP contribution in [0.2, 0.25) is 0 Å². The number of sulfone groups is 1. The van der Waals surface area contributed by atoms with Crippen molar-refractivity contribution < 1.29 is 21.6 Å². The third kappa shape index (κ3) is 3.33. The molecule has 0 bridgehead atoms. The predicted molar refractivity (Wildman–Crippen MR) is 105 cm³/mol. The van der Waals surface area contributed by atoms with Crippen LogP contribution in [0.1, 0.15) is 11.1 Å². The van der Waals surface area contributed by atoms with E-state index in [-0.39, 0.29) is 16.4 Å². The summed E-state index contributed by atoms with van der Waals surface area (Å²) in [6, 6.07) is 14.8. The first-order valence-corrected chi connectivity index (χ1v) is 10.5. The highest BCUT2D eigenvalue weighted by Crippen LogP contribution is 2.37. The summed E-state index contributed by atoms with van der Waals surface area (Å²) in [5, 5.41) is 12.3. The Morgan fingerprint density at radius 3 is 2.37 bits per heavy atom. The first-order valence-electron chi connectivity index (χ1n) is 8.58. The van der Waals surface area contributed by atoms with Crippen LogP contribution in [-0.4, -0.2) is 24.1 Å². The van der Waals surface area contributed by atoms with Gasteiger partial charge < -0.3 is 5.32 Å². The van der Waals surface area contributed by atoms with E-state index in [4.69, 9.17) is 0 Å². The van der Waals surface area contributed by atoms with Crippen LogP contribution in [-0.2, 0) is 16.0 Å². The summed E-state index contributed by atoms with van der Waals surface area (Å²) in [5.74, 6) is 0.0390. The van der Waals surface area contributed by atoms with Gasteiger partial charge in [-0.05, 0) is 42.5 Å². The van der Waals surface area contributed by atoms with Crippen molar-refractivity contribution >= 4 is 38.0 Å². The molecular formula is C20H13F3N4O2S. The molecule has 0 fully saturated rings. The van der Waals surface area contributed by atoms with E-state index in [0.717, 1.165) is 12.3 Å². The number of anilines is 2. The quantitative estimate of drug-likeness (QED) is 0.516. The van der Waals surface area contributed by atoms with Crippen molar-refractivity contribution in [1.82, 2.24) is 9.38 Å². The van der Waals surface area contributed by atoms with Crippen LogP contribution in [0.25, 0.3) is 16.7 Å². The van der Waals surface area contributed by atoms with E-state index in [1.807, 2.05) is 0 Å². The first-order chi connectivity index (χ1) is 14.1. The van der Waals surface area contributed by atoms with Crippen LogP contribution < -0.4 is 5.32 Å². The number of pyridine rings is 1. The molecule has 6 nitrogen and oxygen atoms in total. The topological polar surface area (TPSA) is 87.3 Å². The second-order valence-electron chi connectivity index (χ2n) is 6.61. The molecule has 2 aromatic carbocycles. The van der Waals surface area contributed by atoms with Gasteiger partial charge in [-0.15, -0.1) is 0 Å². The second kappa shape index (κ2) is 6.74. The molecule has 4 rings (SSSR count). The number of rotatable bonds is 3. The number of fused-ring (bicyclic) bond motifs is 3. The van der Waals surface area contributed by atoms with Crippen LogP contribution in [0.15, 0.2) is 59.5 Å². The Morgan fingerprint density at radius 1 is 1.10 bits per heavy atom. The standard InChI is InChI=1S/C20H13F3N4O2S/c1-30(28,29)13-8-6-12(7-9-13)25-18-10-15(20(21,22)23)14(11-24)19-26-16-4-2-3-5-17(16)27(18)19/h2-10,25H,1H3. The summed E-state index contributed by atoms with van der Waals surface area (Å²) >= 11 is 0. The Hall–Kier alpha value is -3.58. The van der Waals surface area contributed by atoms with Crippen molar-refractivity contribution in [2.75, 3.05) is 11.6 Å². The molecule has 152 valence electrons. The lowest BCUT2D eigenvalue weighted by atomic mass is 10.1. The number of alkyl halides is 3. The Bertz CT molecular complexity index is 1430. The van der Waals surface area contributed by atoms with E-state index in [1.165, 1.54) is 28.7 Å². The van der Waals surface area contributed by atoms with E-state index in [1.54, 1.807) is 30.3 Å². The Morgan fingerprint density at radius 2 is 1.77 bits per heavy atom. The first kappa shape index (κ1) is 19.7. The number of nitrogens with one attached hydrogen (secondary N) is 1. The third-order valence-electron chi connectivity index (χ3n) is 4.55. The number of nitrogens with zero attached hydrogens (tertiary/aromatic N) is 3. The normalized spacial score (nSPS) is 12.2. The molecule has 0 unspecified atom stereocenters. The molecule has 0 amide bonds. The molecule has 0 saturated heterocycles. The van der Waals surface area contributed by atoms with Gasteiger partial charge in [0.2, 0.25) is 0 Å². The zero-order valence-corrected chi connectivity index (χ0v) is 16.2. The Labute approximate surface area is 169 Å². The van der Waals surface area contributed by atoms with E-state index < -0.39 is 27.1 Å². The van der Waals surface area contributed by atoms with Crippen molar-refractivity contribution in [3.63, 3.8) is 0 Å². The van der Waals surface area contributed by atoms with E-state index in [0.29, 0.717) is 16.7 Å². The predicted octanol–water partition coefficient (Wildman–Crippen LogP) is 4.53. The largest absolute Gasteiger partial charge is 0.417 e. The van der Waals surface area contributed by atoms with Crippen molar-refractivity contribution in [2.24, 2.45) is 0 Å². The van der Waals surface area contributed by atoms with Crippen molar-refractivity contribution in [3.8, 4) is 6.07 Å². The maximum Gasteiger partial charge on any atom is 0.417 e. The lowest BCUT2D eigenvalue weighted by Gasteiger charge is -2.15. The summed E-state index contributed by atoms with van der Waals surface area (Å²) in [6.07, 6.45) is -3.70. The van der Waals surface area contributed by atoms with Crippen molar-refractivity contribution in [2.45, 2.75) is 11.1 Å². The fraction of sp³-hybridized carbons (Fsp3) is 0.100. The van der Waals surface area contributed by atoms with Crippen LogP contribution in [0.5, 0.6) is 0 Å². The van der Waals surface area contributed by atoms with Gasteiger partial charge in [0.25, 0.3) is 0 Å². The highest BCUT2D eigenvalue weighted by molar-refractivity contribution is 7.90. The van der Waals surface area contributed by atoms with Crippen LogP contribution in [0.4, 0.5) is 24.7 Å². The molecule has 30 heavy (non-hydrogen) atoms. The average molecular weight is 430 g/mol. The van der Waals surface area contributed by atoms with E-state index in [2.05, 4.69) is 10.3 Å². The van der Waals surface area contributed by atoms with E-state index >= 15 is 0 Å². The van der Waals surface area contributed by atoms with Gasteiger partial charge in [0, 0.05) is 11.9 Å². The van der Waals surface area contributed by atoms with Crippen molar-refractivity contribution in [3.05, 3.63) is 65.7 Å². The highest BCUT2D eigenvalue weighted by Gasteiger charge is 2.36. The summed E-state index contributed by atoms with van der Waals surface area (Å²) in [5.41, 5.74) is -0.473. The van der Waals surface area contributed by atoms with Gasteiger partial charge in [-0.1, -0.05) is 12.1 Å². The molecule has 0 aliphatic rings. The molecule has 2 heterocycles. The second-order valence-corrected chi connectivity index (χ2v) is 8.62.